The smallest absolute Gasteiger partial charge is 0.321 e. The lowest BCUT2D eigenvalue weighted by atomic mass is 10.1. The van der Waals surface area contributed by atoms with Crippen LogP contribution in [0.15, 0.2) is 42.5 Å². The molecule has 0 radical (unpaired) electrons. The maximum absolute atomic E-state index is 12.5. The van der Waals surface area contributed by atoms with Crippen LogP contribution in [-0.2, 0) is 6.42 Å². The zero-order valence-corrected chi connectivity index (χ0v) is 14.9. The van der Waals surface area contributed by atoms with Gasteiger partial charge in [0.05, 0.1) is 0 Å². The van der Waals surface area contributed by atoms with Gasteiger partial charge in [0, 0.05) is 43.6 Å². The summed E-state index contributed by atoms with van der Waals surface area (Å²) >= 11 is 0. The van der Waals surface area contributed by atoms with Crippen LogP contribution in [0.5, 0.6) is 11.5 Å². The summed E-state index contributed by atoms with van der Waals surface area (Å²) in [5.74, 6) is 1.38. The number of urea groups is 1. The standard InChI is InChI=1S/C20H23N3O3/c1-2-15-3-6-17(7-4-15)22-9-11-23(12-10-22)20(24)21-16-5-8-18-19(13-16)26-14-25-18/h3-8,13H,2,9-12,14H2,1H3,(H,21,24). The van der Waals surface area contributed by atoms with Crippen LogP contribution in [0.3, 0.4) is 0 Å². The van der Waals surface area contributed by atoms with Gasteiger partial charge in [0.25, 0.3) is 0 Å². The lowest BCUT2D eigenvalue weighted by molar-refractivity contribution is 0.174. The van der Waals surface area contributed by atoms with Crippen LogP contribution in [0.1, 0.15) is 12.5 Å². The summed E-state index contributed by atoms with van der Waals surface area (Å²) in [5, 5.41) is 2.94. The molecule has 136 valence electrons. The molecular weight excluding hydrogens is 330 g/mol. The summed E-state index contributed by atoms with van der Waals surface area (Å²) in [5.41, 5.74) is 3.28. The zero-order valence-electron chi connectivity index (χ0n) is 14.9. The van der Waals surface area contributed by atoms with E-state index in [4.69, 9.17) is 9.47 Å². The average Bonchev–Trinajstić information content (AvgIpc) is 3.16. The number of ether oxygens (including phenoxy) is 2. The number of rotatable bonds is 3. The van der Waals surface area contributed by atoms with E-state index in [-0.39, 0.29) is 12.8 Å². The Morgan fingerprint density at radius 1 is 1.00 bits per heavy atom. The van der Waals surface area contributed by atoms with Gasteiger partial charge in [-0.1, -0.05) is 19.1 Å². The van der Waals surface area contributed by atoms with Crippen molar-refractivity contribution < 1.29 is 14.3 Å². The first kappa shape index (κ1) is 16.6. The van der Waals surface area contributed by atoms with Crippen LogP contribution >= 0.6 is 0 Å². The Kier molecular flexibility index (Phi) is 4.56. The molecule has 2 aliphatic rings. The molecule has 2 heterocycles. The lowest BCUT2D eigenvalue weighted by Gasteiger charge is -2.36. The summed E-state index contributed by atoms with van der Waals surface area (Å²) in [7, 11) is 0. The van der Waals surface area contributed by atoms with Crippen molar-refractivity contribution in [1.29, 1.82) is 0 Å². The molecule has 6 heteroatoms. The fraction of sp³-hybridized carbons (Fsp3) is 0.350. The molecule has 0 unspecified atom stereocenters. The average molecular weight is 353 g/mol. The Morgan fingerprint density at radius 3 is 2.46 bits per heavy atom. The van der Waals surface area contributed by atoms with Gasteiger partial charge in [-0.15, -0.1) is 0 Å². The SMILES string of the molecule is CCc1ccc(N2CCN(C(=O)Nc3ccc4c(c3)OCO4)CC2)cc1. The van der Waals surface area contributed by atoms with Crippen molar-refractivity contribution in [3.05, 3.63) is 48.0 Å². The molecule has 26 heavy (non-hydrogen) atoms. The van der Waals surface area contributed by atoms with Crippen molar-refractivity contribution in [3.63, 3.8) is 0 Å². The van der Waals surface area contributed by atoms with Crippen molar-refractivity contribution in [2.75, 3.05) is 43.2 Å². The first-order chi connectivity index (χ1) is 12.7. The van der Waals surface area contributed by atoms with E-state index in [1.807, 2.05) is 17.0 Å². The van der Waals surface area contributed by atoms with E-state index in [1.54, 1.807) is 6.07 Å². The van der Waals surface area contributed by atoms with Crippen LogP contribution < -0.4 is 19.7 Å². The minimum atomic E-state index is -0.0788. The molecule has 2 aliphatic heterocycles. The van der Waals surface area contributed by atoms with Crippen molar-refractivity contribution in [2.24, 2.45) is 0 Å². The highest BCUT2D eigenvalue weighted by molar-refractivity contribution is 5.90. The molecule has 0 bridgehead atoms. The first-order valence-corrected chi connectivity index (χ1v) is 9.02. The third kappa shape index (κ3) is 3.40. The highest BCUT2D eigenvalue weighted by Crippen LogP contribution is 2.34. The van der Waals surface area contributed by atoms with E-state index < -0.39 is 0 Å². The number of piperazine rings is 1. The van der Waals surface area contributed by atoms with Gasteiger partial charge in [-0.2, -0.15) is 0 Å². The molecule has 2 aromatic rings. The van der Waals surface area contributed by atoms with Crippen LogP contribution in [-0.4, -0.2) is 43.9 Å². The molecule has 0 saturated carbocycles. The number of nitrogens with one attached hydrogen (secondary N) is 1. The van der Waals surface area contributed by atoms with Gasteiger partial charge in [0.15, 0.2) is 11.5 Å². The maximum Gasteiger partial charge on any atom is 0.321 e. The van der Waals surface area contributed by atoms with Crippen molar-refractivity contribution in [3.8, 4) is 11.5 Å². The lowest BCUT2D eigenvalue weighted by Crippen LogP contribution is -2.50. The Morgan fingerprint density at radius 2 is 1.73 bits per heavy atom. The molecule has 1 saturated heterocycles. The number of hydrogen-bond donors (Lipinski definition) is 1. The molecule has 0 aliphatic carbocycles. The van der Waals surface area contributed by atoms with Crippen LogP contribution in [0.25, 0.3) is 0 Å². The van der Waals surface area contributed by atoms with E-state index in [2.05, 4.69) is 41.4 Å². The van der Waals surface area contributed by atoms with Crippen LogP contribution in [0.2, 0.25) is 0 Å². The van der Waals surface area contributed by atoms with Crippen LogP contribution in [0.4, 0.5) is 16.2 Å². The van der Waals surface area contributed by atoms with E-state index in [9.17, 15) is 4.79 Å². The molecule has 2 amide bonds. The highest BCUT2D eigenvalue weighted by atomic mass is 16.7. The summed E-state index contributed by atoms with van der Waals surface area (Å²) in [6.45, 7) is 5.46. The molecule has 0 spiro atoms. The molecule has 0 atom stereocenters. The summed E-state index contributed by atoms with van der Waals surface area (Å²) < 4.78 is 10.6. The van der Waals surface area contributed by atoms with Gasteiger partial charge in [0.1, 0.15) is 0 Å². The predicted octanol–water partition coefficient (Wildman–Crippen LogP) is 3.33. The normalized spacial score (nSPS) is 15.9. The quantitative estimate of drug-likeness (QED) is 0.920. The molecule has 4 rings (SSSR count). The maximum atomic E-state index is 12.5. The second-order valence-electron chi connectivity index (χ2n) is 6.49. The molecule has 0 aromatic heterocycles. The third-order valence-electron chi connectivity index (χ3n) is 4.90. The largest absolute Gasteiger partial charge is 0.454 e. The Hall–Kier alpha value is -2.89. The third-order valence-corrected chi connectivity index (χ3v) is 4.90. The molecular formula is C20H23N3O3. The second-order valence-corrected chi connectivity index (χ2v) is 6.49. The number of hydrogen-bond acceptors (Lipinski definition) is 4. The summed E-state index contributed by atoms with van der Waals surface area (Å²) in [4.78, 5) is 16.7. The van der Waals surface area contributed by atoms with E-state index in [0.717, 1.165) is 25.2 Å². The number of amides is 2. The van der Waals surface area contributed by atoms with E-state index in [1.165, 1.54) is 11.3 Å². The Balaban J connectivity index is 1.33. The summed E-state index contributed by atoms with van der Waals surface area (Å²) in [6.07, 6.45) is 1.05. The van der Waals surface area contributed by atoms with Gasteiger partial charge in [0.2, 0.25) is 6.79 Å². The number of anilines is 2. The minimum absolute atomic E-state index is 0.0788. The summed E-state index contributed by atoms with van der Waals surface area (Å²) in [6, 6.07) is 14.0. The van der Waals surface area contributed by atoms with Crippen molar-refractivity contribution in [2.45, 2.75) is 13.3 Å². The number of fused-ring (bicyclic) bond motifs is 1. The monoisotopic (exact) mass is 353 g/mol. The highest BCUT2D eigenvalue weighted by Gasteiger charge is 2.22. The fourth-order valence-corrected chi connectivity index (χ4v) is 3.29. The van der Waals surface area contributed by atoms with E-state index in [0.29, 0.717) is 24.6 Å². The topological polar surface area (TPSA) is 54.0 Å². The molecule has 1 fully saturated rings. The second kappa shape index (κ2) is 7.15. The number of benzene rings is 2. The molecule has 1 N–H and O–H groups in total. The van der Waals surface area contributed by atoms with E-state index >= 15 is 0 Å². The van der Waals surface area contributed by atoms with Crippen molar-refractivity contribution >= 4 is 17.4 Å². The van der Waals surface area contributed by atoms with Gasteiger partial charge >= 0.3 is 6.03 Å². The number of carbonyl (C=O) groups excluding carboxylic acids is 1. The van der Waals surface area contributed by atoms with Crippen LogP contribution in [0, 0.1) is 0 Å². The van der Waals surface area contributed by atoms with Gasteiger partial charge < -0.3 is 24.6 Å². The minimum Gasteiger partial charge on any atom is -0.454 e. The van der Waals surface area contributed by atoms with Crippen molar-refractivity contribution in [1.82, 2.24) is 4.90 Å². The molecule has 2 aromatic carbocycles. The Labute approximate surface area is 153 Å². The number of carbonyl (C=O) groups is 1. The van der Waals surface area contributed by atoms with Gasteiger partial charge in [-0.3, -0.25) is 0 Å². The Bertz CT molecular complexity index is 783. The predicted molar refractivity (Wildman–Crippen MR) is 101 cm³/mol. The van der Waals surface area contributed by atoms with Gasteiger partial charge in [-0.05, 0) is 36.2 Å². The number of nitrogens with zero attached hydrogens (tertiary/aromatic N) is 2. The molecule has 6 nitrogen and oxygen atoms in total. The fourth-order valence-electron chi connectivity index (χ4n) is 3.29. The first-order valence-electron chi connectivity index (χ1n) is 9.02. The number of aryl methyl sites for hydroxylation is 1. The zero-order chi connectivity index (χ0) is 17.9. The van der Waals surface area contributed by atoms with Gasteiger partial charge in [-0.25, -0.2) is 4.79 Å².